The van der Waals surface area contributed by atoms with Gasteiger partial charge >= 0.3 is 6.03 Å². The van der Waals surface area contributed by atoms with Crippen molar-refractivity contribution < 1.29 is 19.2 Å². The highest BCUT2D eigenvalue weighted by molar-refractivity contribution is 6.19. The molecule has 0 aromatic heterocycles. The zero-order chi connectivity index (χ0) is 15.5. The Balaban J connectivity index is 2.18. The summed E-state index contributed by atoms with van der Waals surface area (Å²) in [5.74, 6) is -1.17. The summed E-state index contributed by atoms with van der Waals surface area (Å²) in [6.07, 6.45) is 4.58. The summed E-state index contributed by atoms with van der Waals surface area (Å²) in [7, 11) is 1.50. The molecule has 2 fully saturated rings. The summed E-state index contributed by atoms with van der Waals surface area (Å²) in [6.45, 7) is -0.000625. The highest BCUT2D eigenvalue weighted by atomic mass is 16.2. The van der Waals surface area contributed by atoms with Crippen LogP contribution in [0.5, 0.6) is 0 Å². The zero-order valence-electron chi connectivity index (χ0n) is 12.2. The van der Waals surface area contributed by atoms with Gasteiger partial charge in [0.2, 0.25) is 17.7 Å². The van der Waals surface area contributed by atoms with Crippen molar-refractivity contribution in [1.82, 2.24) is 15.5 Å². The Bertz CT molecular complexity index is 467. The van der Waals surface area contributed by atoms with Crippen LogP contribution in [0, 0.1) is 5.41 Å². The molecule has 1 aliphatic carbocycles. The minimum atomic E-state index is -1.12. The van der Waals surface area contributed by atoms with Crippen molar-refractivity contribution in [3.8, 4) is 0 Å². The van der Waals surface area contributed by atoms with Crippen molar-refractivity contribution in [2.75, 3.05) is 13.6 Å². The first-order valence-electron chi connectivity index (χ1n) is 7.39. The molecule has 0 atom stereocenters. The number of rotatable bonds is 3. The monoisotopic (exact) mass is 295 g/mol. The van der Waals surface area contributed by atoms with Crippen molar-refractivity contribution in [3.05, 3.63) is 0 Å². The van der Waals surface area contributed by atoms with Crippen LogP contribution < -0.4 is 10.6 Å². The number of barbiturate groups is 1. The quantitative estimate of drug-likeness (QED) is 0.743. The van der Waals surface area contributed by atoms with Crippen molar-refractivity contribution in [3.63, 3.8) is 0 Å². The number of hydrogen-bond donors (Lipinski definition) is 2. The second-order valence-electron chi connectivity index (χ2n) is 5.64. The summed E-state index contributed by atoms with van der Waals surface area (Å²) in [4.78, 5) is 49.1. The molecule has 7 heteroatoms. The Morgan fingerprint density at radius 1 is 1.19 bits per heavy atom. The van der Waals surface area contributed by atoms with E-state index < -0.39 is 23.3 Å². The molecular weight excluding hydrogens is 274 g/mol. The number of imide groups is 2. The Hall–Kier alpha value is -1.92. The van der Waals surface area contributed by atoms with Gasteiger partial charge in [-0.3, -0.25) is 24.6 Å². The lowest BCUT2D eigenvalue weighted by Gasteiger charge is -2.38. The number of urea groups is 1. The molecule has 0 aromatic carbocycles. The van der Waals surface area contributed by atoms with E-state index in [-0.39, 0.29) is 18.9 Å². The maximum atomic E-state index is 12.7. The van der Waals surface area contributed by atoms with E-state index in [0.29, 0.717) is 12.8 Å². The molecule has 5 amide bonds. The van der Waals surface area contributed by atoms with Crippen LogP contribution >= 0.6 is 0 Å². The first kappa shape index (κ1) is 15.5. The lowest BCUT2D eigenvalue weighted by molar-refractivity contribution is -0.152. The van der Waals surface area contributed by atoms with Gasteiger partial charge in [-0.15, -0.1) is 0 Å². The molecule has 1 saturated carbocycles. The number of hydrogen-bond acceptors (Lipinski definition) is 4. The number of carbonyl (C=O) groups is 4. The standard InChI is InChI=1S/C14H21N3O4/c1-15-10(18)6-9-17-12(20)14(11(19)16-13(17)21)7-4-2-3-5-8-14/h2-9H2,1H3,(H,15,18)(H,16,19,21). The average molecular weight is 295 g/mol. The third kappa shape index (κ3) is 2.91. The maximum Gasteiger partial charge on any atom is 0.330 e. The van der Waals surface area contributed by atoms with Crippen LogP contribution in [0.2, 0.25) is 0 Å². The van der Waals surface area contributed by atoms with E-state index in [9.17, 15) is 19.2 Å². The van der Waals surface area contributed by atoms with Crippen LogP contribution in [-0.2, 0) is 14.4 Å². The van der Waals surface area contributed by atoms with Gasteiger partial charge in [-0.1, -0.05) is 25.7 Å². The van der Waals surface area contributed by atoms with Crippen LogP contribution in [0.4, 0.5) is 4.79 Å². The van der Waals surface area contributed by atoms with E-state index in [1.54, 1.807) is 0 Å². The molecule has 2 aliphatic rings. The van der Waals surface area contributed by atoms with Gasteiger partial charge in [0.05, 0.1) is 0 Å². The smallest absolute Gasteiger partial charge is 0.330 e. The highest BCUT2D eigenvalue weighted by Gasteiger charge is 2.53. The lowest BCUT2D eigenvalue weighted by atomic mass is 9.77. The normalized spacial score (nSPS) is 22.0. The molecule has 1 aliphatic heterocycles. The topological polar surface area (TPSA) is 95.6 Å². The van der Waals surface area contributed by atoms with E-state index in [2.05, 4.69) is 10.6 Å². The fraction of sp³-hybridized carbons (Fsp3) is 0.714. The Kier molecular flexibility index (Phi) is 4.59. The highest BCUT2D eigenvalue weighted by Crippen LogP contribution is 2.39. The fourth-order valence-corrected chi connectivity index (χ4v) is 3.05. The minimum Gasteiger partial charge on any atom is -0.359 e. The predicted octanol–water partition coefficient (Wildman–Crippen LogP) is 0.541. The van der Waals surface area contributed by atoms with E-state index in [0.717, 1.165) is 30.6 Å². The molecule has 1 saturated heterocycles. The van der Waals surface area contributed by atoms with E-state index >= 15 is 0 Å². The predicted molar refractivity (Wildman–Crippen MR) is 74.1 cm³/mol. The average Bonchev–Trinajstić information content (AvgIpc) is 2.72. The van der Waals surface area contributed by atoms with Crippen molar-refractivity contribution in [1.29, 1.82) is 0 Å². The number of nitrogens with zero attached hydrogens (tertiary/aromatic N) is 1. The van der Waals surface area contributed by atoms with Gasteiger partial charge < -0.3 is 5.32 Å². The van der Waals surface area contributed by atoms with Crippen molar-refractivity contribution >= 4 is 23.8 Å². The summed E-state index contributed by atoms with van der Waals surface area (Å²) in [6, 6.07) is -0.719. The lowest BCUT2D eigenvalue weighted by Crippen LogP contribution is -2.64. The van der Waals surface area contributed by atoms with Gasteiger partial charge in [0.25, 0.3) is 0 Å². The molecule has 0 unspecified atom stereocenters. The first-order valence-corrected chi connectivity index (χ1v) is 7.39. The molecule has 2 N–H and O–H groups in total. The van der Waals surface area contributed by atoms with E-state index in [4.69, 9.17) is 0 Å². The fourth-order valence-electron chi connectivity index (χ4n) is 3.05. The molecule has 2 rings (SSSR count). The van der Waals surface area contributed by atoms with Crippen molar-refractivity contribution in [2.45, 2.75) is 44.9 Å². The number of carbonyl (C=O) groups excluding carboxylic acids is 4. The molecule has 116 valence electrons. The molecular formula is C14H21N3O4. The van der Waals surface area contributed by atoms with Crippen LogP contribution in [0.25, 0.3) is 0 Å². The second-order valence-corrected chi connectivity index (χ2v) is 5.64. The van der Waals surface area contributed by atoms with Crippen LogP contribution in [0.15, 0.2) is 0 Å². The van der Waals surface area contributed by atoms with E-state index in [1.165, 1.54) is 7.05 Å². The molecule has 21 heavy (non-hydrogen) atoms. The zero-order valence-corrected chi connectivity index (χ0v) is 12.2. The Labute approximate surface area is 123 Å². The van der Waals surface area contributed by atoms with E-state index in [1.807, 2.05) is 0 Å². The summed E-state index contributed by atoms with van der Waals surface area (Å²) < 4.78 is 0. The van der Waals surface area contributed by atoms with Crippen LogP contribution in [0.3, 0.4) is 0 Å². The van der Waals surface area contributed by atoms with Gasteiger partial charge in [-0.25, -0.2) is 4.79 Å². The van der Waals surface area contributed by atoms with Crippen LogP contribution in [0.1, 0.15) is 44.9 Å². The third-order valence-corrected chi connectivity index (χ3v) is 4.35. The largest absolute Gasteiger partial charge is 0.359 e. The molecule has 7 nitrogen and oxygen atoms in total. The first-order chi connectivity index (χ1) is 10.0. The maximum absolute atomic E-state index is 12.7. The summed E-state index contributed by atoms with van der Waals surface area (Å²) >= 11 is 0. The van der Waals surface area contributed by atoms with Crippen molar-refractivity contribution in [2.24, 2.45) is 5.41 Å². The van der Waals surface area contributed by atoms with Gasteiger partial charge in [0.1, 0.15) is 5.41 Å². The Morgan fingerprint density at radius 3 is 2.38 bits per heavy atom. The number of nitrogens with one attached hydrogen (secondary N) is 2. The second kappa shape index (κ2) is 6.24. The van der Waals surface area contributed by atoms with Crippen LogP contribution in [-0.4, -0.2) is 42.2 Å². The summed E-state index contributed by atoms with van der Waals surface area (Å²) in [5.41, 5.74) is -1.12. The third-order valence-electron chi connectivity index (χ3n) is 4.35. The molecule has 0 bridgehead atoms. The molecule has 0 aromatic rings. The van der Waals surface area contributed by atoms with Gasteiger partial charge in [0.15, 0.2) is 0 Å². The van der Waals surface area contributed by atoms with Gasteiger partial charge in [-0.05, 0) is 12.8 Å². The van der Waals surface area contributed by atoms with Gasteiger partial charge in [-0.2, -0.15) is 0 Å². The molecule has 1 spiro atoms. The Morgan fingerprint density at radius 2 is 1.81 bits per heavy atom. The van der Waals surface area contributed by atoms with Gasteiger partial charge in [0, 0.05) is 20.0 Å². The molecule has 1 heterocycles. The SMILES string of the molecule is CNC(=O)CCN1C(=O)NC(=O)C2(CCCCCC2)C1=O. The molecule has 0 radical (unpaired) electrons. The minimum absolute atomic E-state index is 0.000625. The number of amides is 5. The summed E-state index contributed by atoms with van der Waals surface area (Å²) in [5, 5.41) is 4.73.